The number of thioether (sulfide) groups is 1. The Kier molecular flexibility index (Phi) is 7.21. The van der Waals surface area contributed by atoms with Gasteiger partial charge in [0.1, 0.15) is 0 Å². The Morgan fingerprint density at radius 3 is 2.62 bits per heavy atom. The van der Waals surface area contributed by atoms with Crippen molar-refractivity contribution in [3.63, 3.8) is 0 Å². The summed E-state index contributed by atoms with van der Waals surface area (Å²) in [7, 11) is 0. The van der Waals surface area contributed by atoms with Crippen LogP contribution in [0.4, 0.5) is 0 Å². The Labute approximate surface area is 136 Å². The smallest absolute Gasteiger partial charge is 0.332 e. The fourth-order valence-corrected chi connectivity index (χ4v) is 2.97. The maximum Gasteiger partial charge on any atom is 0.332 e. The van der Waals surface area contributed by atoms with Gasteiger partial charge < -0.3 is 15.5 Å². The number of carboxylic acid groups (broad SMARTS) is 1. The maximum atomic E-state index is 11.7. The number of aryl methyl sites for hydroxylation is 2. The van der Waals surface area contributed by atoms with Crippen LogP contribution in [0, 0.1) is 13.8 Å². The van der Waals surface area contributed by atoms with Crippen LogP contribution in [-0.2, 0) is 9.59 Å². The lowest BCUT2D eigenvalue weighted by Gasteiger charge is -2.10. The number of carbonyl (C=O) groups is 2. The third-order valence-electron chi connectivity index (χ3n) is 2.84. The van der Waals surface area contributed by atoms with Gasteiger partial charge in [0.05, 0.1) is 5.75 Å². The molecule has 0 bridgehead atoms. The highest BCUT2D eigenvalue weighted by Gasteiger charge is 2.13. The third kappa shape index (κ3) is 6.07. The van der Waals surface area contributed by atoms with Crippen molar-refractivity contribution in [3.8, 4) is 0 Å². The molecule has 0 fully saturated rings. The number of hydrogen-bond donors (Lipinski definition) is 3. The Hall–Kier alpha value is -1.05. The Balaban J connectivity index is 2.40. The summed E-state index contributed by atoms with van der Waals surface area (Å²) < 4.78 is 1.04. The predicted octanol–water partition coefficient (Wildman–Crippen LogP) is 2.11. The van der Waals surface area contributed by atoms with Crippen LogP contribution in [0.1, 0.15) is 17.5 Å². The summed E-state index contributed by atoms with van der Waals surface area (Å²) in [5.41, 5.74) is 2.19. The Morgan fingerprint density at radius 1 is 1.33 bits per heavy atom. The minimum Gasteiger partial charge on any atom is -0.479 e. The van der Waals surface area contributed by atoms with Crippen molar-refractivity contribution in [2.45, 2.75) is 31.3 Å². The van der Waals surface area contributed by atoms with E-state index in [0.29, 0.717) is 0 Å². The molecule has 116 valence electrons. The van der Waals surface area contributed by atoms with E-state index < -0.39 is 12.1 Å². The van der Waals surface area contributed by atoms with Gasteiger partial charge in [0, 0.05) is 22.3 Å². The zero-order valence-corrected chi connectivity index (χ0v) is 14.3. The van der Waals surface area contributed by atoms with E-state index in [1.807, 2.05) is 26.0 Å². The number of aliphatic carboxylic acids is 1. The molecule has 0 aliphatic carbocycles. The molecule has 1 aromatic rings. The predicted molar refractivity (Wildman–Crippen MR) is 85.6 cm³/mol. The zero-order valence-electron chi connectivity index (χ0n) is 11.9. The first kappa shape index (κ1) is 18.0. The first-order chi connectivity index (χ1) is 9.81. The maximum absolute atomic E-state index is 11.7. The highest BCUT2D eigenvalue weighted by molar-refractivity contribution is 9.10. The van der Waals surface area contributed by atoms with Crippen molar-refractivity contribution < 1.29 is 19.8 Å². The molecule has 0 aromatic heterocycles. The summed E-state index contributed by atoms with van der Waals surface area (Å²) in [6.45, 7) is 4.11. The van der Waals surface area contributed by atoms with E-state index in [1.54, 1.807) is 0 Å². The van der Waals surface area contributed by atoms with Gasteiger partial charge in [-0.25, -0.2) is 4.79 Å². The minimum absolute atomic E-state index is 0.00214. The number of benzene rings is 1. The molecule has 1 atom stereocenters. The molecule has 1 unspecified atom stereocenters. The summed E-state index contributed by atoms with van der Waals surface area (Å²) in [4.78, 5) is 23.1. The molecule has 0 spiro atoms. The summed E-state index contributed by atoms with van der Waals surface area (Å²) in [5.74, 6) is -1.21. The summed E-state index contributed by atoms with van der Waals surface area (Å²) in [6, 6.07) is 4.03. The van der Waals surface area contributed by atoms with Crippen LogP contribution in [0.2, 0.25) is 0 Å². The first-order valence-electron chi connectivity index (χ1n) is 6.38. The van der Waals surface area contributed by atoms with E-state index in [-0.39, 0.29) is 24.6 Å². The van der Waals surface area contributed by atoms with E-state index in [2.05, 4.69) is 21.2 Å². The lowest BCUT2D eigenvalue weighted by molar-refractivity contribution is -0.147. The minimum atomic E-state index is -1.44. The van der Waals surface area contributed by atoms with E-state index in [0.717, 1.165) is 20.5 Å². The van der Waals surface area contributed by atoms with Gasteiger partial charge in [-0.1, -0.05) is 15.9 Å². The molecule has 0 aliphatic heterocycles. The highest BCUT2D eigenvalue weighted by Crippen LogP contribution is 2.28. The lowest BCUT2D eigenvalue weighted by atomic mass is 10.2. The molecule has 0 saturated carbocycles. The molecule has 21 heavy (non-hydrogen) atoms. The van der Waals surface area contributed by atoms with Crippen molar-refractivity contribution in [2.75, 3.05) is 12.3 Å². The Bertz CT molecular complexity index is 536. The molecule has 3 N–H and O–H groups in total. The lowest BCUT2D eigenvalue weighted by Crippen LogP contribution is -2.31. The number of halogens is 1. The van der Waals surface area contributed by atoms with Crippen LogP contribution in [0.3, 0.4) is 0 Å². The van der Waals surface area contributed by atoms with Crippen molar-refractivity contribution >= 4 is 39.6 Å². The SMILES string of the molecule is Cc1cc(SCC(=O)NCCC(O)C(=O)O)c(C)cc1Br. The van der Waals surface area contributed by atoms with Gasteiger partial charge in [0.2, 0.25) is 5.91 Å². The molecule has 0 radical (unpaired) electrons. The van der Waals surface area contributed by atoms with Crippen molar-refractivity contribution in [3.05, 3.63) is 27.7 Å². The van der Waals surface area contributed by atoms with Gasteiger partial charge in [-0.2, -0.15) is 0 Å². The largest absolute Gasteiger partial charge is 0.479 e. The fourth-order valence-electron chi connectivity index (χ4n) is 1.58. The highest BCUT2D eigenvalue weighted by atomic mass is 79.9. The van der Waals surface area contributed by atoms with Crippen LogP contribution in [0.5, 0.6) is 0 Å². The van der Waals surface area contributed by atoms with Crippen molar-refractivity contribution in [1.29, 1.82) is 0 Å². The molecule has 1 amide bonds. The average molecular weight is 376 g/mol. The summed E-state index contributed by atoms with van der Waals surface area (Å²) in [5, 5.41) is 20.2. The van der Waals surface area contributed by atoms with Gasteiger partial charge in [-0.3, -0.25) is 4.79 Å². The van der Waals surface area contributed by atoms with E-state index >= 15 is 0 Å². The van der Waals surface area contributed by atoms with Crippen LogP contribution >= 0.6 is 27.7 Å². The molecule has 7 heteroatoms. The normalized spacial score (nSPS) is 12.0. The van der Waals surface area contributed by atoms with Gasteiger partial charge >= 0.3 is 5.97 Å². The second-order valence-electron chi connectivity index (χ2n) is 4.65. The number of aliphatic hydroxyl groups is 1. The van der Waals surface area contributed by atoms with E-state index in [1.165, 1.54) is 11.8 Å². The average Bonchev–Trinajstić information content (AvgIpc) is 2.41. The number of nitrogens with one attached hydrogen (secondary N) is 1. The number of amides is 1. The van der Waals surface area contributed by atoms with Crippen LogP contribution in [-0.4, -0.2) is 40.5 Å². The monoisotopic (exact) mass is 375 g/mol. The number of carbonyl (C=O) groups excluding carboxylic acids is 1. The molecule has 0 heterocycles. The number of rotatable bonds is 7. The molecule has 1 rings (SSSR count). The van der Waals surface area contributed by atoms with Crippen LogP contribution < -0.4 is 5.32 Å². The molecule has 5 nitrogen and oxygen atoms in total. The first-order valence-corrected chi connectivity index (χ1v) is 8.16. The molecular weight excluding hydrogens is 358 g/mol. The zero-order chi connectivity index (χ0) is 16.0. The standard InChI is InChI=1S/C14H18BrNO4S/c1-8-6-12(9(2)5-10(8)15)21-7-13(18)16-4-3-11(17)14(19)20/h5-6,11,17H,3-4,7H2,1-2H3,(H,16,18)(H,19,20). The quantitative estimate of drug-likeness (QED) is 0.635. The molecule has 0 saturated heterocycles. The van der Waals surface area contributed by atoms with Gasteiger partial charge in [0.25, 0.3) is 0 Å². The van der Waals surface area contributed by atoms with E-state index in [4.69, 9.17) is 10.2 Å². The second-order valence-corrected chi connectivity index (χ2v) is 6.52. The van der Waals surface area contributed by atoms with Gasteiger partial charge in [-0.05, 0) is 37.1 Å². The third-order valence-corrected chi connectivity index (χ3v) is 4.85. The molecule has 0 aliphatic rings. The summed E-state index contributed by atoms with van der Waals surface area (Å²) in [6.07, 6.45) is -1.43. The summed E-state index contributed by atoms with van der Waals surface area (Å²) >= 11 is 4.89. The van der Waals surface area contributed by atoms with Gasteiger partial charge in [0.15, 0.2) is 6.10 Å². The van der Waals surface area contributed by atoms with Crippen LogP contribution in [0.25, 0.3) is 0 Å². The van der Waals surface area contributed by atoms with Crippen LogP contribution in [0.15, 0.2) is 21.5 Å². The Morgan fingerprint density at radius 2 is 2.00 bits per heavy atom. The molecule has 1 aromatic carbocycles. The molecular formula is C14H18BrNO4S. The second kappa shape index (κ2) is 8.41. The topological polar surface area (TPSA) is 86.6 Å². The van der Waals surface area contributed by atoms with Crippen molar-refractivity contribution in [2.24, 2.45) is 0 Å². The van der Waals surface area contributed by atoms with Gasteiger partial charge in [-0.15, -0.1) is 11.8 Å². The number of carboxylic acids is 1. The van der Waals surface area contributed by atoms with Crippen molar-refractivity contribution in [1.82, 2.24) is 5.32 Å². The fraction of sp³-hybridized carbons (Fsp3) is 0.429. The number of aliphatic hydroxyl groups excluding tert-OH is 1. The van der Waals surface area contributed by atoms with E-state index in [9.17, 15) is 9.59 Å². The number of hydrogen-bond acceptors (Lipinski definition) is 4.